The summed E-state index contributed by atoms with van der Waals surface area (Å²) in [4.78, 5) is 15.4. The van der Waals surface area contributed by atoms with Crippen molar-refractivity contribution >= 4 is 29.7 Å². The van der Waals surface area contributed by atoms with Gasteiger partial charge in [-0.2, -0.15) is 20.1 Å². The molecule has 2 aromatic carbocycles. The van der Waals surface area contributed by atoms with Crippen LogP contribution in [0.3, 0.4) is 0 Å². The number of aryl methyl sites for hydroxylation is 1. The topological polar surface area (TPSA) is 87.6 Å². The third kappa shape index (κ3) is 6.44. The van der Waals surface area contributed by atoms with Gasteiger partial charge in [-0.1, -0.05) is 47.5 Å². The Labute approximate surface area is 196 Å². The second-order valence-electron chi connectivity index (χ2n) is 7.56. The van der Waals surface area contributed by atoms with Crippen molar-refractivity contribution in [1.29, 1.82) is 0 Å². The van der Waals surface area contributed by atoms with Gasteiger partial charge >= 0.3 is 0 Å². The van der Waals surface area contributed by atoms with Crippen LogP contribution in [0.15, 0.2) is 47.6 Å². The summed E-state index contributed by atoms with van der Waals surface area (Å²) in [6, 6.07) is 12.4. The maximum absolute atomic E-state index is 14.5. The highest BCUT2D eigenvalue weighted by Gasteiger charge is 2.16. The lowest BCUT2D eigenvalue weighted by Crippen LogP contribution is -2.39. The van der Waals surface area contributed by atoms with Gasteiger partial charge in [0.25, 0.3) is 0 Å². The highest BCUT2D eigenvalue weighted by Crippen LogP contribution is 2.29. The fourth-order valence-electron chi connectivity index (χ4n) is 3.30. The highest BCUT2D eigenvalue weighted by atomic mass is 35.5. The van der Waals surface area contributed by atoms with Crippen molar-refractivity contribution in [2.45, 2.75) is 6.92 Å². The maximum atomic E-state index is 14.5. The van der Waals surface area contributed by atoms with Gasteiger partial charge < -0.3 is 10.1 Å². The van der Waals surface area contributed by atoms with E-state index in [4.69, 9.17) is 16.3 Å². The number of halogens is 2. The molecule has 1 aromatic heterocycles. The Balaban J connectivity index is 1.53. The van der Waals surface area contributed by atoms with Crippen LogP contribution in [0.2, 0.25) is 5.02 Å². The van der Waals surface area contributed by atoms with Crippen molar-refractivity contribution in [2.24, 2.45) is 5.10 Å². The minimum atomic E-state index is -0.512. The van der Waals surface area contributed by atoms with Crippen molar-refractivity contribution in [3.63, 3.8) is 0 Å². The number of nitrogens with one attached hydrogen (secondary N) is 2. The Bertz CT molecular complexity index is 1080. The second kappa shape index (κ2) is 11.1. The van der Waals surface area contributed by atoms with E-state index >= 15 is 0 Å². The summed E-state index contributed by atoms with van der Waals surface area (Å²) >= 11 is 6.24. The molecule has 0 spiro atoms. The number of hydrogen-bond donors (Lipinski definition) is 2. The lowest BCUT2D eigenvalue weighted by atomic mass is 10.2. The molecule has 2 heterocycles. The second-order valence-corrected chi connectivity index (χ2v) is 7.97. The van der Waals surface area contributed by atoms with Crippen LogP contribution < -0.4 is 10.7 Å². The number of aromatic nitrogens is 3. The zero-order valence-electron chi connectivity index (χ0n) is 18.3. The Morgan fingerprint density at radius 3 is 2.61 bits per heavy atom. The molecule has 3 aromatic rings. The minimum absolute atomic E-state index is 0.114. The summed E-state index contributed by atoms with van der Waals surface area (Å²) in [7, 11) is 0. The summed E-state index contributed by atoms with van der Waals surface area (Å²) in [5, 5.41) is 7.62. The van der Waals surface area contributed by atoms with E-state index in [-0.39, 0.29) is 22.4 Å². The molecule has 0 saturated carbocycles. The number of anilines is 2. The number of rotatable bonds is 8. The largest absolute Gasteiger partial charge is 0.379 e. The molecule has 172 valence electrons. The molecule has 4 rings (SSSR count). The lowest BCUT2D eigenvalue weighted by molar-refractivity contribution is 0.0398. The molecule has 1 aliphatic heterocycles. The average molecular weight is 470 g/mol. The SMILES string of the molecule is Cc1ccc(/C=N/Nc2nc(NCCN3CCOCC3)nc(-c3c(F)cccc3Cl)n2)cc1. The van der Waals surface area contributed by atoms with Gasteiger partial charge in [-0.3, -0.25) is 4.90 Å². The van der Waals surface area contributed by atoms with Crippen LogP contribution in [-0.2, 0) is 4.74 Å². The lowest BCUT2D eigenvalue weighted by Gasteiger charge is -2.26. The van der Waals surface area contributed by atoms with Crippen molar-refractivity contribution in [3.05, 3.63) is 64.4 Å². The van der Waals surface area contributed by atoms with Crippen LogP contribution in [0.25, 0.3) is 11.4 Å². The van der Waals surface area contributed by atoms with Crippen molar-refractivity contribution in [1.82, 2.24) is 19.9 Å². The number of benzene rings is 2. The van der Waals surface area contributed by atoms with Gasteiger partial charge in [-0.25, -0.2) is 9.82 Å². The molecule has 0 unspecified atom stereocenters. The van der Waals surface area contributed by atoms with Gasteiger partial charge in [0, 0.05) is 26.2 Å². The smallest absolute Gasteiger partial charge is 0.248 e. The Morgan fingerprint density at radius 1 is 1.09 bits per heavy atom. The standard InChI is InChI=1S/C23H25ClFN7O/c1-16-5-7-17(8-6-16)15-27-31-23-29-21(20-18(24)3-2-4-19(20)25)28-22(30-23)26-9-10-32-11-13-33-14-12-32/h2-8,15H,9-14H2,1H3,(H2,26,28,29,30,31)/b27-15+. The minimum Gasteiger partial charge on any atom is -0.379 e. The predicted octanol–water partition coefficient (Wildman–Crippen LogP) is 3.83. The molecular weight excluding hydrogens is 445 g/mol. The van der Waals surface area contributed by atoms with E-state index in [0.29, 0.717) is 12.5 Å². The van der Waals surface area contributed by atoms with Gasteiger partial charge in [0.1, 0.15) is 5.82 Å². The first kappa shape index (κ1) is 23.0. The van der Waals surface area contributed by atoms with E-state index in [1.807, 2.05) is 31.2 Å². The fourth-order valence-corrected chi connectivity index (χ4v) is 3.54. The van der Waals surface area contributed by atoms with Crippen LogP contribution in [0.5, 0.6) is 0 Å². The van der Waals surface area contributed by atoms with E-state index in [2.05, 4.69) is 35.7 Å². The monoisotopic (exact) mass is 469 g/mol. The van der Waals surface area contributed by atoms with Gasteiger partial charge in [-0.05, 0) is 24.6 Å². The van der Waals surface area contributed by atoms with E-state index in [9.17, 15) is 4.39 Å². The number of hydrazone groups is 1. The van der Waals surface area contributed by atoms with Crippen LogP contribution in [0, 0.1) is 12.7 Å². The van der Waals surface area contributed by atoms with Gasteiger partial charge in [0.15, 0.2) is 5.82 Å². The number of hydrogen-bond acceptors (Lipinski definition) is 8. The van der Waals surface area contributed by atoms with Gasteiger partial charge in [0.05, 0.1) is 30.0 Å². The number of morpholine rings is 1. The summed E-state index contributed by atoms with van der Waals surface area (Å²) in [6.45, 7) is 6.67. The number of ether oxygens (including phenoxy) is 1. The summed E-state index contributed by atoms with van der Waals surface area (Å²) in [5.41, 5.74) is 5.01. The Morgan fingerprint density at radius 2 is 1.85 bits per heavy atom. The Kier molecular flexibility index (Phi) is 7.77. The molecule has 33 heavy (non-hydrogen) atoms. The van der Waals surface area contributed by atoms with Crippen LogP contribution in [0.4, 0.5) is 16.3 Å². The first-order chi connectivity index (χ1) is 16.1. The quantitative estimate of drug-likeness (QED) is 0.383. The van der Waals surface area contributed by atoms with Crippen molar-refractivity contribution in [3.8, 4) is 11.4 Å². The van der Waals surface area contributed by atoms with E-state index in [1.165, 1.54) is 12.1 Å². The van der Waals surface area contributed by atoms with E-state index < -0.39 is 5.82 Å². The summed E-state index contributed by atoms with van der Waals surface area (Å²) in [5.74, 6) is 0.0919. The van der Waals surface area contributed by atoms with Crippen LogP contribution in [-0.4, -0.2) is 65.5 Å². The molecule has 1 fully saturated rings. The Hall–Kier alpha value is -3.14. The van der Waals surface area contributed by atoms with Crippen LogP contribution >= 0.6 is 11.6 Å². The zero-order chi connectivity index (χ0) is 23.0. The van der Waals surface area contributed by atoms with E-state index in [1.54, 1.807) is 12.3 Å². The molecule has 8 nitrogen and oxygen atoms in total. The molecule has 0 bridgehead atoms. The molecule has 2 N–H and O–H groups in total. The molecule has 0 amide bonds. The normalized spacial score (nSPS) is 14.5. The summed E-state index contributed by atoms with van der Waals surface area (Å²) < 4.78 is 19.9. The number of nitrogens with zero attached hydrogens (tertiary/aromatic N) is 5. The van der Waals surface area contributed by atoms with E-state index in [0.717, 1.165) is 44.0 Å². The van der Waals surface area contributed by atoms with Gasteiger partial charge in [-0.15, -0.1) is 0 Å². The predicted molar refractivity (Wildman–Crippen MR) is 128 cm³/mol. The van der Waals surface area contributed by atoms with Crippen molar-refractivity contribution in [2.75, 3.05) is 50.1 Å². The fraction of sp³-hybridized carbons (Fsp3) is 0.304. The third-order valence-corrected chi connectivity index (χ3v) is 5.41. The first-order valence-electron chi connectivity index (χ1n) is 10.7. The zero-order valence-corrected chi connectivity index (χ0v) is 19.0. The maximum Gasteiger partial charge on any atom is 0.248 e. The molecular formula is C23H25ClFN7O. The van der Waals surface area contributed by atoms with Crippen molar-refractivity contribution < 1.29 is 9.13 Å². The summed E-state index contributed by atoms with van der Waals surface area (Å²) in [6.07, 6.45) is 1.66. The molecule has 1 aliphatic rings. The third-order valence-electron chi connectivity index (χ3n) is 5.09. The average Bonchev–Trinajstić information content (AvgIpc) is 2.81. The highest BCUT2D eigenvalue weighted by molar-refractivity contribution is 6.33. The van der Waals surface area contributed by atoms with Gasteiger partial charge in [0.2, 0.25) is 11.9 Å². The molecule has 0 atom stereocenters. The molecule has 0 aliphatic carbocycles. The van der Waals surface area contributed by atoms with Crippen LogP contribution in [0.1, 0.15) is 11.1 Å². The molecule has 10 heteroatoms. The first-order valence-corrected chi connectivity index (χ1v) is 11.1. The molecule has 1 saturated heterocycles. The molecule has 0 radical (unpaired) electrons.